The predicted octanol–water partition coefficient (Wildman–Crippen LogP) is 0.949. The molecule has 0 radical (unpaired) electrons. The molecule has 0 unspecified atom stereocenters. The molecule has 0 aliphatic carbocycles. The van der Waals surface area contributed by atoms with Gasteiger partial charge in [-0.25, -0.2) is 0 Å². The Balaban J connectivity index is -0.00000000396. The number of nitrogens with zero attached hydrogens (tertiary/aromatic N) is 6. The normalized spacial score (nSPS) is 0.800. The second-order valence-electron chi connectivity index (χ2n) is 0. The van der Waals surface area contributed by atoms with Crippen LogP contribution in [0.2, 0.25) is 0 Å². The Morgan fingerprint density at radius 1 is 0.400 bits per heavy atom. The number of hydrogen-bond donors (Lipinski definition) is 1. The molecule has 0 saturated carbocycles. The summed E-state index contributed by atoms with van der Waals surface area (Å²) in [5, 5.41) is 37.5. The first-order valence-electron chi connectivity index (χ1n) is 1.34. The molecule has 9 heteroatoms. The molecule has 0 amide bonds. The number of quaternary nitrogens is 1. The second-order valence-corrected chi connectivity index (χ2v) is 0. The monoisotopic (exact) mass is 286 g/mol. The summed E-state index contributed by atoms with van der Waals surface area (Å²) in [4.78, 5) is 0. The van der Waals surface area contributed by atoms with E-state index in [0.717, 1.165) is 0 Å². The molecule has 78 valence electrons. The SMILES string of the molecule is [C-]#N.[C-]#N.[C-]#N.[C-]#N.[C-]#N.[C-]#N.[Fe+2].[Fe+4].[NH4+]. The van der Waals surface area contributed by atoms with Gasteiger partial charge in [-0.05, 0) is 0 Å². The summed E-state index contributed by atoms with van der Waals surface area (Å²) in [6, 6.07) is 0. The van der Waals surface area contributed by atoms with Crippen LogP contribution >= 0.6 is 0 Å². The molecule has 0 spiro atoms. The van der Waals surface area contributed by atoms with Gasteiger partial charge in [0.2, 0.25) is 0 Å². The molecule has 0 fully saturated rings. The van der Waals surface area contributed by atoms with Gasteiger partial charge in [-0.3, -0.25) is 0 Å². The van der Waals surface area contributed by atoms with E-state index < -0.39 is 0 Å². The summed E-state index contributed by atoms with van der Waals surface area (Å²) < 4.78 is 0. The van der Waals surface area contributed by atoms with Crippen molar-refractivity contribution in [3.05, 3.63) is 39.4 Å². The molecule has 0 aliphatic heterocycles. The summed E-state index contributed by atoms with van der Waals surface area (Å²) >= 11 is 0. The van der Waals surface area contributed by atoms with Crippen molar-refractivity contribution in [3.8, 4) is 0 Å². The van der Waals surface area contributed by atoms with E-state index in [1.807, 2.05) is 0 Å². The third-order valence-corrected chi connectivity index (χ3v) is 0. The summed E-state index contributed by atoms with van der Waals surface area (Å²) in [7, 11) is 0. The van der Waals surface area contributed by atoms with E-state index in [2.05, 4.69) is 0 Å². The molecule has 0 bridgehead atoms. The topological polar surface area (TPSA) is 179 Å². The first-order chi connectivity index (χ1) is 6.00. The molecule has 0 saturated heterocycles. The maximum Gasteiger partial charge on any atom is 4.00 e. The van der Waals surface area contributed by atoms with Gasteiger partial charge in [0.15, 0.2) is 0 Å². The summed E-state index contributed by atoms with van der Waals surface area (Å²) in [5.41, 5.74) is 0. The third-order valence-electron chi connectivity index (χ3n) is 0. The molecule has 0 atom stereocenters. The van der Waals surface area contributed by atoms with Crippen molar-refractivity contribution in [1.29, 1.82) is 31.6 Å². The zero-order valence-electron chi connectivity index (χ0n) is 7.39. The first kappa shape index (κ1) is 119. The molecule has 4 N–H and O–H groups in total. The second kappa shape index (κ2) is 336. The molecule has 0 aromatic rings. The van der Waals surface area contributed by atoms with Crippen molar-refractivity contribution in [2.24, 2.45) is 0 Å². The van der Waals surface area contributed by atoms with Gasteiger partial charge < -0.3 is 77.2 Å². The summed E-state index contributed by atoms with van der Waals surface area (Å²) in [5.74, 6) is 0. The van der Waals surface area contributed by atoms with Crippen LogP contribution in [0, 0.1) is 71.0 Å². The van der Waals surface area contributed by atoms with Crippen molar-refractivity contribution in [3.63, 3.8) is 0 Å². The fourth-order valence-corrected chi connectivity index (χ4v) is 0. The average Bonchev–Trinajstić information content (AvgIpc) is 2.33. The van der Waals surface area contributed by atoms with Crippen LogP contribution in [-0.4, -0.2) is 0 Å². The van der Waals surface area contributed by atoms with Gasteiger partial charge in [0.05, 0.1) is 0 Å². The Hall–Kier alpha value is -2.06. The van der Waals surface area contributed by atoms with E-state index in [1.54, 1.807) is 0 Å². The van der Waals surface area contributed by atoms with E-state index in [4.69, 9.17) is 71.0 Å². The van der Waals surface area contributed by atoms with Gasteiger partial charge in [-0.1, -0.05) is 0 Å². The third kappa shape index (κ3) is 278. The standard InChI is InChI=1S/6CN.2Fe.H3N/c6*1-2;;;/h;;;;;;;;1H3/q6*-1;+2;+4;/p+1. The summed E-state index contributed by atoms with van der Waals surface area (Å²) in [6.45, 7) is 28.5. The maximum absolute atomic E-state index is 6.25. The average molecular weight is 286 g/mol. The van der Waals surface area contributed by atoms with Crippen LogP contribution < -0.4 is 6.15 Å². The predicted molar refractivity (Wildman–Crippen MR) is 35.8 cm³/mol. The van der Waals surface area contributed by atoms with E-state index in [-0.39, 0.29) is 40.3 Å². The van der Waals surface area contributed by atoms with Gasteiger partial charge in [-0.15, -0.1) is 0 Å². The van der Waals surface area contributed by atoms with Gasteiger partial charge in [0, 0.05) is 0 Å². The van der Waals surface area contributed by atoms with E-state index in [0.29, 0.717) is 0 Å². The molecule has 0 rings (SSSR count). The molecule has 0 heterocycles. The van der Waals surface area contributed by atoms with Crippen LogP contribution in [-0.2, 0) is 34.1 Å². The van der Waals surface area contributed by atoms with Crippen molar-refractivity contribution < 1.29 is 34.1 Å². The molecule has 0 aliphatic rings. The molecular weight excluding hydrogens is 282 g/mol. The van der Waals surface area contributed by atoms with Crippen LogP contribution in [0.1, 0.15) is 0 Å². The zero-order chi connectivity index (χ0) is 12.0. The molecular formula is C6H4Fe2N7+. The largest absolute Gasteiger partial charge is 4.00 e. The van der Waals surface area contributed by atoms with Crippen molar-refractivity contribution in [2.45, 2.75) is 0 Å². The van der Waals surface area contributed by atoms with Crippen LogP contribution in [0.5, 0.6) is 0 Å². The fourth-order valence-electron chi connectivity index (χ4n) is 0. The zero-order valence-corrected chi connectivity index (χ0v) is 9.60. The molecule has 15 heavy (non-hydrogen) atoms. The van der Waals surface area contributed by atoms with Crippen LogP contribution in [0.3, 0.4) is 0 Å². The Morgan fingerprint density at radius 2 is 0.400 bits per heavy atom. The van der Waals surface area contributed by atoms with Crippen molar-refractivity contribution >= 4 is 0 Å². The van der Waals surface area contributed by atoms with Gasteiger partial charge in [-0.2, -0.15) is 0 Å². The Kier molecular flexibility index (Phi) is 2670. The molecule has 7 nitrogen and oxygen atoms in total. The molecule has 0 aromatic carbocycles. The van der Waals surface area contributed by atoms with Crippen LogP contribution in [0.4, 0.5) is 0 Å². The van der Waals surface area contributed by atoms with Crippen molar-refractivity contribution in [1.82, 2.24) is 6.15 Å². The van der Waals surface area contributed by atoms with Gasteiger partial charge in [0.1, 0.15) is 0 Å². The minimum Gasteiger partial charge on any atom is -0.512 e. The fraction of sp³-hybridized carbons (Fsp3) is 0. The first-order valence-corrected chi connectivity index (χ1v) is 1.34. The van der Waals surface area contributed by atoms with Crippen LogP contribution in [0.15, 0.2) is 0 Å². The summed E-state index contributed by atoms with van der Waals surface area (Å²) in [6.07, 6.45) is 0. The minimum atomic E-state index is 0. The van der Waals surface area contributed by atoms with Crippen molar-refractivity contribution in [2.75, 3.05) is 0 Å². The Bertz CT molecular complexity index is 96.5. The van der Waals surface area contributed by atoms with E-state index in [1.165, 1.54) is 0 Å². The minimum absolute atomic E-state index is 0. The Morgan fingerprint density at radius 3 is 0.400 bits per heavy atom. The smallest absolute Gasteiger partial charge is 0.512 e. The van der Waals surface area contributed by atoms with E-state index in [9.17, 15) is 0 Å². The van der Waals surface area contributed by atoms with Gasteiger partial charge >= 0.3 is 34.1 Å². The maximum atomic E-state index is 6.25. The Labute approximate surface area is 111 Å². The van der Waals surface area contributed by atoms with E-state index >= 15 is 0 Å². The quantitative estimate of drug-likeness (QED) is 0.510. The number of hydrogen-bond acceptors (Lipinski definition) is 6. The number of rotatable bonds is 0. The van der Waals surface area contributed by atoms with Gasteiger partial charge in [0.25, 0.3) is 0 Å². The van der Waals surface area contributed by atoms with Crippen LogP contribution in [0.25, 0.3) is 0 Å². The molecule has 0 aromatic heterocycles.